The molecule has 0 aliphatic rings. The second-order valence-corrected chi connectivity index (χ2v) is 9.08. The molecule has 4 rings (SSSR count). The van der Waals surface area contributed by atoms with E-state index < -0.39 is 4.92 Å². The van der Waals surface area contributed by atoms with Crippen LogP contribution in [0.1, 0.15) is 11.1 Å². The molecule has 0 spiro atoms. The van der Waals surface area contributed by atoms with E-state index in [0.717, 1.165) is 6.07 Å². The Labute approximate surface area is 237 Å². The molecular weight excluding hydrogens is 574 g/mol. The summed E-state index contributed by atoms with van der Waals surface area (Å²) in [6.07, 6.45) is 0. The van der Waals surface area contributed by atoms with Crippen LogP contribution in [0.3, 0.4) is 0 Å². The summed E-state index contributed by atoms with van der Waals surface area (Å²) in [6.45, 7) is 0. The monoisotopic (exact) mass is 586 g/mol. The third-order valence-corrected chi connectivity index (χ3v) is 5.42. The van der Waals surface area contributed by atoms with Gasteiger partial charge in [-0.2, -0.15) is 10.5 Å². The highest BCUT2D eigenvalue weighted by Crippen LogP contribution is 2.35. The van der Waals surface area contributed by atoms with Gasteiger partial charge in [-0.15, -0.1) is 0 Å². The van der Waals surface area contributed by atoms with Crippen molar-refractivity contribution in [3.63, 3.8) is 0 Å². The molecule has 0 aromatic heterocycles. The van der Waals surface area contributed by atoms with E-state index in [-0.39, 0.29) is 22.7 Å². The van der Waals surface area contributed by atoms with Crippen molar-refractivity contribution in [1.82, 2.24) is 0 Å². The van der Waals surface area contributed by atoms with E-state index >= 15 is 0 Å². The predicted molar refractivity (Wildman–Crippen MR) is 146 cm³/mol. The van der Waals surface area contributed by atoms with Crippen molar-refractivity contribution in [3.05, 3.63) is 114 Å². The van der Waals surface area contributed by atoms with Crippen LogP contribution in [0.5, 0.6) is 23.0 Å². The Morgan fingerprint density at radius 2 is 1.11 bits per heavy atom. The average molecular weight is 588 g/mol. The van der Waals surface area contributed by atoms with Gasteiger partial charge in [0, 0.05) is 26.2 Å². The molecule has 0 aliphatic heterocycles. The predicted octanol–water partition coefficient (Wildman–Crippen LogP) is 8.81. The second kappa shape index (κ2) is 12.9. The van der Waals surface area contributed by atoms with Gasteiger partial charge in [-0.25, -0.2) is 0 Å². The molecule has 8 nitrogen and oxygen atoms in total. The normalized spacial score (nSPS) is 9.84. The van der Waals surface area contributed by atoms with Crippen LogP contribution in [0.4, 0.5) is 11.4 Å². The molecule has 0 saturated heterocycles. The van der Waals surface area contributed by atoms with Crippen LogP contribution in [-0.2, 0) is 0 Å². The standard InChI is InChI=1S/C13H6Cl2N2O3.C13H8Cl2N2O/c14-9-4-10(15)6-11(5-9)20-13-2-1-8(7-16)3-12(13)17(18)19;14-9-4-10(15)6-11(5-9)18-13-2-1-8(7-16)3-12(13)17/h1-6H;1-6H,17H2. The molecule has 0 fully saturated rings. The fourth-order valence-electron chi connectivity index (χ4n) is 2.96. The van der Waals surface area contributed by atoms with Gasteiger partial charge in [-0.3, -0.25) is 10.1 Å². The first-order chi connectivity index (χ1) is 18.1. The van der Waals surface area contributed by atoms with Crippen LogP contribution in [-0.4, -0.2) is 4.92 Å². The Hall–Kier alpha value is -4.18. The number of halogens is 4. The van der Waals surface area contributed by atoms with E-state index in [0.29, 0.717) is 42.8 Å². The molecule has 4 aromatic carbocycles. The van der Waals surface area contributed by atoms with Crippen molar-refractivity contribution in [1.29, 1.82) is 10.5 Å². The lowest BCUT2D eigenvalue weighted by molar-refractivity contribution is -0.385. The number of benzene rings is 4. The van der Waals surface area contributed by atoms with Crippen LogP contribution in [0, 0.1) is 32.8 Å². The maximum atomic E-state index is 11.0. The summed E-state index contributed by atoms with van der Waals surface area (Å²) in [7, 11) is 0. The van der Waals surface area contributed by atoms with Gasteiger partial charge < -0.3 is 15.2 Å². The number of ether oxygens (including phenoxy) is 2. The van der Waals surface area contributed by atoms with Crippen LogP contribution < -0.4 is 15.2 Å². The molecule has 0 amide bonds. The smallest absolute Gasteiger partial charge is 0.312 e. The highest BCUT2D eigenvalue weighted by atomic mass is 35.5. The van der Waals surface area contributed by atoms with Crippen molar-refractivity contribution in [2.75, 3.05) is 5.73 Å². The first kappa shape index (κ1) is 28.4. The van der Waals surface area contributed by atoms with Gasteiger partial charge in [0.25, 0.3) is 0 Å². The van der Waals surface area contributed by atoms with Crippen molar-refractivity contribution in [2.45, 2.75) is 0 Å². The molecule has 0 heterocycles. The van der Waals surface area contributed by atoms with Crippen LogP contribution in [0.15, 0.2) is 72.8 Å². The summed E-state index contributed by atoms with van der Waals surface area (Å²) in [5.74, 6) is 1.22. The highest BCUT2D eigenvalue weighted by molar-refractivity contribution is 6.35. The largest absolute Gasteiger partial charge is 0.455 e. The molecule has 4 aromatic rings. The minimum atomic E-state index is -0.623. The number of nitriles is 2. The van der Waals surface area contributed by atoms with E-state index in [1.54, 1.807) is 36.4 Å². The Morgan fingerprint density at radius 3 is 1.53 bits per heavy atom. The summed E-state index contributed by atoms with van der Waals surface area (Å²) in [6, 6.07) is 21.9. The Morgan fingerprint density at radius 1 is 0.684 bits per heavy atom. The lowest BCUT2D eigenvalue weighted by atomic mass is 10.2. The zero-order valence-electron chi connectivity index (χ0n) is 19.0. The lowest BCUT2D eigenvalue weighted by Gasteiger charge is -2.09. The minimum Gasteiger partial charge on any atom is -0.455 e. The summed E-state index contributed by atoms with van der Waals surface area (Å²) >= 11 is 23.4. The molecule has 0 bridgehead atoms. The van der Waals surface area contributed by atoms with Gasteiger partial charge in [0.05, 0.1) is 33.9 Å². The Bertz CT molecular complexity index is 1560. The first-order valence-corrected chi connectivity index (χ1v) is 11.8. The van der Waals surface area contributed by atoms with E-state index in [1.165, 1.54) is 30.3 Å². The Balaban J connectivity index is 0.000000212. The number of rotatable bonds is 5. The van der Waals surface area contributed by atoms with Crippen LogP contribution >= 0.6 is 46.4 Å². The number of nitro benzene ring substituents is 1. The van der Waals surface area contributed by atoms with Gasteiger partial charge in [0.2, 0.25) is 5.75 Å². The van der Waals surface area contributed by atoms with E-state index in [4.69, 9.17) is 72.1 Å². The summed E-state index contributed by atoms with van der Waals surface area (Å²) in [5, 5.41) is 30.1. The van der Waals surface area contributed by atoms with Crippen LogP contribution in [0.25, 0.3) is 0 Å². The van der Waals surface area contributed by atoms with E-state index in [9.17, 15) is 10.1 Å². The van der Waals surface area contributed by atoms with Gasteiger partial charge >= 0.3 is 5.69 Å². The SMILES string of the molecule is N#Cc1ccc(Oc2cc(Cl)cc(Cl)c2)c(N)c1.N#Cc1ccc(Oc2cc(Cl)cc(Cl)c2)c([N+](=O)[O-])c1. The molecular formula is C26H14Cl4N4O4. The summed E-state index contributed by atoms with van der Waals surface area (Å²) in [4.78, 5) is 10.4. The number of nitro groups is 1. The van der Waals surface area contributed by atoms with E-state index in [1.807, 2.05) is 12.1 Å². The minimum absolute atomic E-state index is 0.00679. The Kier molecular flexibility index (Phi) is 9.61. The quantitative estimate of drug-likeness (QED) is 0.140. The first-order valence-electron chi connectivity index (χ1n) is 10.3. The van der Waals surface area contributed by atoms with Gasteiger partial charge in [0.15, 0.2) is 0 Å². The van der Waals surface area contributed by atoms with Crippen molar-refractivity contribution in [3.8, 4) is 35.1 Å². The molecule has 0 aliphatic carbocycles. The third-order valence-electron chi connectivity index (χ3n) is 4.55. The average Bonchev–Trinajstić information content (AvgIpc) is 2.84. The van der Waals surface area contributed by atoms with Gasteiger partial charge in [-0.05, 0) is 66.7 Å². The van der Waals surface area contributed by atoms with Crippen molar-refractivity contribution >= 4 is 57.8 Å². The van der Waals surface area contributed by atoms with Gasteiger partial charge in [0.1, 0.15) is 17.2 Å². The fraction of sp³-hybridized carbons (Fsp3) is 0. The molecule has 190 valence electrons. The maximum Gasteiger partial charge on any atom is 0.312 e. The fourth-order valence-corrected chi connectivity index (χ4v) is 3.97. The molecule has 0 unspecified atom stereocenters. The summed E-state index contributed by atoms with van der Waals surface area (Å²) in [5.41, 5.74) is 6.50. The summed E-state index contributed by atoms with van der Waals surface area (Å²) < 4.78 is 11.0. The molecule has 38 heavy (non-hydrogen) atoms. The molecule has 0 saturated carbocycles. The molecule has 12 heteroatoms. The number of nitrogens with zero attached hydrogens (tertiary/aromatic N) is 3. The number of nitrogens with two attached hydrogens (primary N) is 1. The van der Waals surface area contributed by atoms with Crippen molar-refractivity contribution in [2.24, 2.45) is 0 Å². The molecule has 0 atom stereocenters. The third kappa shape index (κ3) is 7.91. The highest BCUT2D eigenvalue weighted by Gasteiger charge is 2.17. The topological polar surface area (TPSA) is 135 Å². The van der Waals surface area contributed by atoms with Gasteiger partial charge in [-0.1, -0.05) is 46.4 Å². The number of hydrogen-bond donors (Lipinski definition) is 1. The number of anilines is 1. The second-order valence-electron chi connectivity index (χ2n) is 7.33. The molecule has 0 radical (unpaired) electrons. The van der Waals surface area contributed by atoms with E-state index in [2.05, 4.69) is 0 Å². The van der Waals surface area contributed by atoms with Crippen molar-refractivity contribution < 1.29 is 14.4 Å². The number of nitrogen functional groups attached to an aromatic ring is 1. The zero-order chi connectivity index (χ0) is 27.8. The lowest BCUT2D eigenvalue weighted by Crippen LogP contribution is -1.94. The number of hydrogen-bond acceptors (Lipinski definition) is 7. The van der Waals surface area contributed by atoms with Crippen LogP contribution in [0.2, 0.25) is 20.1 Å². The zero-order valence-corrected chi connectivity index (χ0v) is 22.0. The molecule has 2 N–H and O–H groups in total. The maximum absolute atomic E-state index is 11.0.